The van der Waals surface area contributed by atoms with E-state index in [1.807, 2.05) is 12.1 Å². The summed E-state index contributed by atoms with van der Waals surface area (Å²) in [7, 11) is 0. The standard InChI is InChI=1S/C20H22N2O5/c1-4-13(2)15-7-9-17(10-8-15)21-19(23)12-27-20(24)16-6-5-14(3)18(11-16)22(25)26/h5-11,13H,4,12H2,1-3H3,(H,21,23)/t13-/m1/s1. The van der Waals surface area contributed by atoms with Crippen molar-refractivity contribution >= 4 is 23.3 Å². The van der Waals surface area contributed by atoms with Crippen molar-refractivity contribution < 1.29 is 19.2 Å². The normalized spacial score (nSPS) is 11.5. The number of hydrogen-bond acceptors (Lipinski definition) is 5. The first-order chi connectivity index (χ1) is 12.8. The number of nitro groups is 1. The van der Waals surface area contributed by atoms with E-state index in [2.05, 4.69) is 19.2 Å². The Hall–Kier alpha value is -3.22. The van der Waals surface area contributed by atoms with Crippen molar-refractivity contribution in [2.24, 2.45) is 0 Å². The van der Waals surface area contributed by atoms with Gasteiger partial charge in [-0.05, 0) is 43.0 Å². The minimum Gasteiger partial charge on any atom is -0.452 e. The summed E-state index contributed by atoms with van der Waals surface area (Å²) in [5, 5.41) is 13.6. The number of hydrogen-bond donors (Lipinski definition) is 1. The third kappa shape index (κ3) is 5.37. The largest absolute Gasteiger partial charge is 0.452 e. The van der Waals surface area contributed by atoms with Crippen molar-refractivity contribution in [3.63, 3.8) is 0 Å². The molecule has 142 valence electrons. The topological polar surface area (TPSA) is 98.5 Å². The molecule has 2 aromatic rings. The first-order valence-corrected chi connectivity index (χ1v) is 8.63. The molecule has 1 amide bonds. The molecule has 0 spiro atoms. The second-order valence-electron chi connectivity index (χ2n) is 6.31. The first kappa shape index (κ1) is 20.1. The van der Waals surface area contributed by atoms with Gasteiger partial charge in [0, 0.05) is 17.3 Å². The third-order valence-corrected chi connectivity index (χ3v) is 4.35. The highest BCUT2D eigenvalue weighted by atomic mass is 16.6. The van der Waals surface area contributed by atoms with Gasteiger partial charge in [0.05, 0.1) is 10.5 Å². The van der Waals surface area contributed by atoms with Gasteiger partial charge in [-0.1, -0.05) is 32.0 Å². The van der Waals surface area contributed by atoms with Gasteiger partial charge in [-0.15, -0.1) is 0 Å². The molecular formula is C20H22N2O5. The number of carbonyl (C=O) groups excluding carboxylic acids is 2. The molecule has 1 N–H and O–H groups in total. The summed E-state index contributed by atoms with van der Waals surface area (Å²) in [6.45, 7) is 5.33. The van der Waals surface area contributed by atoms with Crippen LogP contribution in [0.15, 0.2) is 42.5 Å². The lowest BCUT2D eigenvalue weighted by Crippen LogP contribution is -2.21. The highest BCUT2D eigenvalue weighted by molar-refractivity contribution is 5.95. The minimum atomic E-state index is -0.791. The van der Waals surface area contributed by atoms with Crippen molar-refractivity contribution in [1.29, 1.82) is 0 Å². The fourth-order valence-electron chi connectivity index (χ4n) is 2.48. The van der Waals surface area contributed by atoms with Crippen LogP contribution in [0.5, 0.6) is 0 Å². The fourth-order valence-corrected chi connectivity index (χ4v) is 2.48. The third-order valence-electron chi connectivity index (χ3n) is 4.35. The number of esters is 1. The molecule has 0 radical (unpaired) electrons. The maximum absolute atomic E-state index is 12.0. The highest BCUT2D eigenvalue weighted by Gasteiger charge is 2.17. The predicted molar refractivity (Wildman–Crippen MR) is 102 cm³/mol. The molecule has 0 saturated carbocycles. The van der Waals surface area contributed by atoms with Crippen LogP contribution in [-0.4, -0.2) is 23.4 Å². The monoisotopic (exact) mass is 370 g/mol. The van der Waals surface area contributed by atoms with Crippen LogP contribution in [0.25, 0.3) is 0 Å². The number of benzene rings is 2. The van der Waals surface area contributed by atoms with Crippen molar-refractivity contribution in [2.75, 3.05) is 11.9 Å². The van der Waals surface area contributed by atoms with Crippen molar-refractivity contribution in [1.82, 2.24) is 0 Å². The number of carbonyl (C=O) groups is 2. The SMILES string of the molecule is CC[C@@H](C)c1ccc(NC(=O)COC(=O)c2ccc(C)c([N+](=O)[O-])c2)cc1. The Balaban J connectivity index is 1.92. The Bertz CT molecular complexity index is 846. The molecule has 0 aliphatic rings. The zero-order valence-corrected chi connectivity index (χ0v) is 15.5. The zero-order valence-electron chi connectivity index (χ0n) is 15.5. The molecule has 0 heterocycles. The lowest BCUT2D eigenvalue weighted by Gasteiger charge is -2.11. The average Bonchev–Trinajstić information content (AvgIpc) is 2.66. The van der Waals surface area contributed by atoms with E-state index >= 15 is 0 Å². The molecule has 7 nitrogen and oxygen atoms in total. The summed E-state index contributed by atoms with van der Waals surface area (Å²) < 4.78 is 4.94. The second-order valence-corrected chi connectivity index (χ2v) is 6.31. The number of nitrogens with one attached hydrogen (secondary N) is 1. The Morgan fingerprint density at radius 3 is 2.44 bits per heavy atom. The van der Waals surface area contributed by atoms with Crippen LogP contribution in [0, 0.1) is 17.0 Å². The summed E-state index contributed by atoms with van der Waals surface area (Å²) in [6.07, 6.45) is 1.03. The van der Waals surface area contributed by atoms with Gasteiger partial charge in [0.1, 0.15) is 0 Å². The van der Waals surface area contributed by atoms with E-state index in [9.17, 15) is 19.7 Å². The van der Waals surface area contributed by atoms with Crippen LogP contribution in [-0.2, 0) is 9.53 Å². The lowest BCUT2D eigenvalue weighted by atomic mass is 9.99. The molecule has 0 bridgehead atoms. The molecule has 0 aromatic heterocycles. The van der Waals surface area contributed by atoms with Gasteiger partial charge in [-0.25, -0.2) is 4.79 Å². The molecule has 0 fully saturated rings. The summed E-state index contributed by atoms with van der Waals surface area (Å²) >= 11 is 0. The molecule has 27 heavy (non-hydrogen) atoms. The van der Waals surface area contributed by atoms with Crippen LogP contribution in [0.2, 0.25) is 0 Å². The molecule has 2 aromatic carbocycles. The molecule has 7 heteroatoms. The fraction of sp³-hybridized carbons (Fsp3) is 0.300. The van der Waals surface area contributed by atoms with E-state index in [-0.39, 0.29) is 11.3 Å². The van der Waals surface area contributed by atoms with E-state index in [1.165, 1.54) is 17.7 Å². The van der Waals surface area contributed by atoms with E-state index in [4.69, 9.17) is 4.74 Å². The van der Waals surface area contributed by atoms with Crippen molar-refractivity contribution in [2.45, 2.75) is 33.1 Å². The summed E-state index contributed by atoms with van der Waals surface area (Å²) in [6, 6.07) is 11.5. The number of amides is 1. The van der Waals surface area contributed by atoms with Crippen molar-refractivity contribution in [3.05, 3.63) is 69.3 Å². The molecule has 0 unspecified atom stereocenters. The van der Waals surface area contributed by atoms with Gasteiger partial charge < -0.3 is 10.1 Å². The molecule has 0 saturated heterocycles. The van der Waals surface area contributed by atoms with Gasteiger partial charge in [0.15, 0.2) is 6.61 Å². The Kier molecular flexibility index (Phi) is 6.65. The van der Waals surface area contributed by atoms with E-state index in [1.54, 1.807) is 19.1 Å². The maximum Gasteiger partial charge on any atom is 0.338 e. The van der Waals surface area contributed by atoms with E-state index in [0.717, 1.165) is 12.5 Å². The number of ether oxygens (including phenoxy) is 1. The summed E-state index contributed by atoms with van der Waals surface area (Å²) in [5.74, 6) is -0.837. The highest BCUT2D eigenvalue weighted by Crippen LogP contribution is 2.21. The predicted octanol–water partition coefficient (Wildman–Crippen LogP) is 4.21. The zero-order chi connectivity index (χ0) is 20.0. The van der Waals surface area contributed by atoms with Gasteiger partial charge in [0.25, 0.3) is 11.6 Å². The maximum atomic E-state index is 12.0. The van der Waals surface area contributed by atoms with Crippen LogP contribution in [0.1, 0.15) is 47.7 Å². The van der Waals surface area contributed by atoms with E-state index < -0.39 is 23.4 Å². The number of aryl methyl sites for hydroxylation is 1. The second kappa shape index (κ2) is 8.93. The van der Waals surface area contributed by atoms with Crippen LogP contribution in [0.3, 0.4) is 0 Å². The quantitative estimate of drug-likeness (QED) is 0.447. The van der Waals surface area contributed by atoms with Gasteiger partial charge >= 0.3 is 5.97 Å². The Morgan fingerprint density at radius 1 is 1.19 bits per heavy atom. The molecule has 0 aliphatic carbocycles. The smallest absolute Gasteiger partial charge is 0.338 e. The molecule has 0 aliphatic heterocycles. The number of rotatable bonds is 7. The molecule has 1 atom stereocenters. The molecular weight excluding hydrogens is 348 g/mol. The summed E-state index contributed by atoms with van der Waals surface area (Å²) in [4.78, 5) is 34.3. The van der Waals surface area contributed by atoms with Crippen LogP contribution in [0.4, 0.5) is 11.4 Å². The Labute approximate surface area is 157 Å². The van der Waals surface area contributed by atoms with E-state index in [0.29, 0.717) is 17.2 Å². The number of nitrogens with zero attached hydrogens (tertiary/aromatic N) is 1. The lowest BCUT2D eigenvalue weighted by molar-refractivity contribution is -0.385. The van der Waals surface area contributed by atoms with Crippen LogP contribution >= 0.6 is 0 Å². The van der Waals surface area contributed by atoms with Crippen LogP contribution < -0.4 is 5.32 Å². The van der Waals surface area contributed by atoms with Gasteiger partial charge in [-0.3, -0.25) is 14.9 Å². The number of nitro benzene ring substituents is 1. The summed E-state index contributed by atoms with van der Waals surface area (Å²) in [5.41, 5.74) is 2.08. The van der Waals surface area contributed by atoms with Gasteiger partial charge in [0.2, 0.25) is 0 Å². The minimum absolute atomic E-state index is 0.0259. The number of anilines is 1. The van der Waals surface area contributed by atoms with Crippen molar-refractivity contribution in [3.8, 4) is 0 Å². The first-order valence-electron chi connectivity index (χ1n) is 8.63. The Morgan fingerprint density at radius 2 is 1.85 bits per heavy atom. The van der Waals surface area contributed by atoms with Gasteiger partial charge in [-0.2, -0.15) is 0 Å². The molecule has 2 rings (SSSR count). The average molecular weight is 370 g/mol.